The summed E-state index contributed by atoms with van der Waals surface area (Å²) >= 11 is 0. The number of nitrogens with two attached hydrogens (primary N) is 1. The Bertz CT molecular complexity index is 464. The summed E-state index contributed by atoms with van der Waals surface area (Å²) in [6.07, 6.45) is 0. The van der Waals surface area contributed by atoms with Gasteiger partial charge in [0.25, 0.3) is 11.8 Å². The lowest BCUT2D eigenvalue weighted by Crippen LogP contribution is -2.45. The molecule has 6 heteroatoms. The van der Waals surface area contributed by atoms with Crippen molar-refractivity contribution in [3.8, 4) is 0 Å². The predicted octanol–water partition coefficient (Wildman–Crippen LogP) is 1.28. The predicted molar refractivity (Wildman–Crippen MR) is 82.3 cm³/mol. The number of halogens is 1. The minimum Gasteiger partial charge on any atom is -0.350 e. The standard InChI is InChI=1S/C14H21N3O2.ClH/c1-14(2,15)9-16-12(18)10-5-7-11(8-6-10)13(19)17(3)4;/h5-8H,9,15H2,1-4H3,(H,16,18);1H. The second-order valence-corrected chi connectivity index (χ2v) is 5.45. The van der Waals surface area contributed by atoms with E-state index in [0.29, 0.717) is 17.7 Å². The van der Waals surface area contributed by atoms with E-state index in [2.05, 4.69) is 5.32 Å². The number of carbonyl (C=O) groups excluding carboxylic acids is 2. The van der Waals surface area contributed by atoms with Crippen molar-refractivity contribution in [3.63, 3.8) is 0 Å². The number of nitrogens with one attached hydrogen (secondary N) is 1. The molecule has 0 unspecified atom stereocenters. The smallest absolute Gasteiger partial charge is 0.253 e. The van der Waals surface area contributed by atoms with E-state index >= 15 is 0 Å². The maximum absolute atomic E-state index is 11.8. The SMILES string of the molecule is CN(C)C(=O)c1ccc(C(=O)NCC(C)(C)N)cc1.Cl. The van der Waals surface area contributed by atoms with E-state index in [1.807, 2.05) is 13.8 Å². The fourth-order valence-corrected chi connectivity index (χ4v) is 1.43. The summed E-state index contributed by atoms with van der Waals surface area (Å²) in [5, 5.41) is 2.75. The van der Waals surface area contributed by atoms with E-state index < -0.39 is 5.54 Å². The van der Waals surface area contributed by atoms with Crippen molar-refractivity contribution in [2.75, 3.05) is 20.6 Å². The molecule has 0 saturated carbocycles. The Morgan fingerprint density at radius 2 is 1.60 bits per heavy atom. The molecule has 0 bridgehead atoms. The number of rotatable bonds is 4. The average molecular weight is 300 g/mol. The van der Waals surface area contributed by atoms with Crippen molar-refractivity contribution in [2.24, 2.45) is 5.73 Å². The van der Waals surface area contributed by atoms with Crippen molar-refractivity contribution in [1.29, 1.82) is 0 Å². The molecule has 0 spiro atoms. The molecule has 1 aromatic rings. The molecule has 1 aromatic carbocycles. The van der Waals surface area contributed by atoms with E-state index in [1.165, 1.54) is 4.90 Å². The minimum atomic E-state index is -0.448. The Labute approximate surface area is 125 Å². The van der Waals surface area contributed by atoms with E-state index in [1.54, 1.807) is 38.4 Å². The van der Waals surface area contributed by atoms with Gasteiger partial charge in [-0.25, -0.2) is 0 Å². The number of benzene rings is 1. The molecule has 0 aromatic heterocycles. The summed E-state index contributed by atoms with van der Waals surface area (Å²) in [5.41, 5.74) is 6.42. The third-order valence-corrected chi connectivity index (χ3v) is 2.50. The van der Waals surface area contributed by atoms with Crippen LogP contribution in [0.3, 0.4) is 0 Å². The lowest BCUT2D eigenvalue weighted by molar-refractivity contribution is 0.0826. The maximum Gasteiger partial charge on any atom is 0.253 e. The molecule has 0 atom stereocenters. The van der Waals surface area contributed by atoms with Gasteiger partial charge in [-0.1, -0.05) is 0 Å². The first-order valence-corrected chi connectivity index (χ1v) is 6.09. The molecule has 1 rings (SSSR count). The Balaban J connectivity index is 0.00000361. The lowest BCUT2D eigenvalue weighted by Gasteiger charge is -2.19. The van der Waals surface area contributed by atoms with Gasteiger partial charge in [0, 0.05) is 37.3 Å². The van der Waals surface area contributed by atoms with Crippen LogP contribution in [0.2, 0.25) is 0 Å². The highest BCUT2D eigenvalue weighted by Gasteiger charge is 2.14. The van der Waals surface area contributed by atoms with Crippen LogP contribution in [-0.4, -0.2) is 42.9 Å². The lowest BCUT2D eigenvalue weighted by atomic mass is 10.1. The number of nitrogens with zero attached hydrogens (tertiary/aromatic N) is 1. The molecule has 0 saturated heterocycles. The molecule has 5 nitrogen and oxygen atoms in total. The van der Waals surface area contributed by atoms with Crippen molar-refractivity contribution in [2.45, 2.75) is 19.4 Å². The highest BCUT2D eigenvalue weighted by Crippen LogP contribution is 2.06. The summed E-state index contributed by atoms with van der Waals surface area (Å²) in [6.45, 7) is 4.07. The van der Waals surface area contributed by atoms with Gasteiger partial charge in [0.05, 0.1) is 0 Å². The number of amides is 2. The summed E-state index contributed by atoms with van der Waals surface area (Å²) < 4.78 is 0. The van der Waals surface area contributed by atoms with Crippen LogP contribution >= 0.6 is 12.4 Å². The van der Waals surface area contributed by atoms with Crippen LogP contribution in [0, 0.1) is 0 Å². The second kappa shape index (κ2) is 7.26. The second-order valence-electron chi connectivity index (χ2n) is 5.45. The van der Waals surface area contributed by atoms with Gasteiger partial charge in [-0.2, -0.15) is 0 Å². The van der Waals surface area contributed by atoms with Gasteiger partial charge in [0.15, 0.2) is 0 Å². The molecule has 0 aliphatic carbocycles. The van der Waals surface area contributed by atoms with Gasteiger partial charge in [0.2, 0.25) is 0 Å². The molecule has 20 heavy (non-hydrogen) atoms. The van der Waals surface area contributed by atoms with Crippen LogP contribution in [0.5, 0.6) is 0 Å². The molecule has 0 aliphatic rings. The van der Waals surface area contributed by atoms with Crippen molar-refractivity contribution < 1.29 is 9.59 Å². The number of hydrogen-bond donors (Lipinski definition) is 2. The monoisotopic (exact) mass is 299 g/mol. The zero-order chi connectivity index (χ0) is 14.6. The van der Waals surface area contributed by atoms with E-state index in [4.69, 9.17) is 5.73 Å². The number of carbonyl (C=O) groups is 2. The molecule has 2 amide bonds. The fraction of sp³-hybridized carbons (Fsp3) is 0.429. The quantitative estimate of drug-likeness (QED) is 0.879. The summed E-state index contributed by atoms with van der Waals surface area (Å²) in [6, 6.07) is 6.56. The van der Waals surface area contributed by atoms with Gasteiger partial charge in [-0.3, -0.25) is 9.59 Å². The molecule has 0 fully saturated rings. The van der Waals surface area contributed by atoms with Crippen LogP contribution in [-0.2, 0) is 0 Å². The molecule has 0 aliphatic heterocycles. The highest BCUT2D eigenvalue weighted by molar-refractivity contribution is 5.97. The molecular weight excluding hydrogens is 278 g/mol. The van der Waals surface area contributed by atoms with Crippen LogP contribution in [0.4, 0.5) is 0 Å². The molecule has 112 valence electrons. The first kappa shape index (κ1) is 18.4. The van der Waals surface area contributed by atoms with E-state index in [9.17, 15) is 9.59 Å². The van der Waals surface area contributed by atoms with Gasteiger partial charge < -0.3 is 16.0 Å². The van der Waals surface area contributed by atoms with Crippen molar-refractivity contribution >= 4 is 24.2 Å². The topological polar surface area (TPSA) is 75.4 Å². The Morgan fingerprint density at radius 3 is 2.00 bits per heavy atom. The first-order chi connectivity index (χ1) is 8.70. The van der Waals surface area contributed by atoms with Gasteiger partial charge >= 0.3 is 0 Å². The van der Waals surface area contributed by atoms with Crippen LogP contribution in [0.1, 0.15) is 34.6 Å². The van der Waals surface area contributed by atoms with Crippen molar-refractivity contribution in [1.82, 2.24) is 10.2 Å². The van der Waals surface area contributed by atoms with Gasteiger partial charge in [-0.05, 0) is 38.1 Å². The van der Waals surface area contributed by atoms with Crippen molar-refractivity contribution in [3.05, 3.63) is 35.4 Å². The molecule has 3 N–H and O–H groups in total. The van der Waals surface area contributed by atoms with Gasteiger partial charge in [0.1, 0.15) is 0 Å². The van der Waals surface area contributed by atoms with Gasteiger partial charge in [-0.15, -0.1) is 12.4 Å². The molecular formula is C14H22ClN3O2. The molecule has 0 heterocycles. The molecule has 0 radical (unpaired) electrons. The Hall–Kier alpha value is -1.59. The third-order valence-electron chi connectivity index (χ3n) is 2.50. The highest BCUT2D eigenvalue weighted by atomic mass is 35.5. The summed E-state index contributed by atoms with van der Waals surface area (Å²) in [5.74, 6) is -0.280. The summed E-state index contributed by atoms with van der Waals surface area (Å²) in [4.78, 5) is 25.0. The largest absolute Gasteiger partial charge is 0.350 e. The zero-order valence-electron chi connectivity index (χ0n) is 12.3. The van der Waals surface area contributed by atoms with Crippen LogP contribution in [0.25, 0.3) is 0 Å². The van der Waals surface area contributed by atoms with Crippen LogP contribution in [0.15, 0.2) is 24.3 Å². The Morgan fingerprint density at radius 1 is 1.15 bits per heavy atom. The summed E-state index contributed by atoms with van der Waals surface area (Å²) in [7, 11) is 3.37. The Kier molecular flexibility index (Phi) is 6.68. The minimum absolute atomic E-state index is 0. The van der Waals surface area contributed by atoms with E-state index in [-0.39, 0.29) is 24.2 Å². The average Bonchev–Trinajstić information content (AvgIpc) is 2.34. The number of hydrogen-bond acceptors (Lipinski definition) is 3. The van der Waals surface area contributed by atoms with E-state index in [0.717, 1.165) is 0 Å². The normalized spacial score (nSPS) is 10.4. The first-order valence-electron chi connectivity index (χ1n) is 6.09. The zero-order valence-corrected chi connectivity index (χ0v) is 13.1. The fourth-order valence-electron chi connectivity index (χ4n) is 1.43. The van der Waals surface area contributed by atoms with Crippen LogP contribution < -0.4 is 11.1 Å². The third kappa shape index (κ3) is 5.59. The maximum atomic E-state index is 11.8.